The fourth-order valence-corrected chi connectivity index (χ4v) is 3.43. The number of likely N-dealkylation sites (tertiary alicyclic amines) is 1. The van der Waals surface area contributed by atoms with Crippen molar-refractivity contribution in [3.05, 3.63) is 65.7 Å². The number of benzene rings is 2. The number of methoxy groups -OCH3 is 1. The first-order valence-electron chi connectivity index (χ1n) is 9.41. The maximum Gasteiger partial charge on any atom is 0.223 e. The molecule has 0 aromatic heterocycles. The van der Waals surface area contributed by atoms with E-state index in [1.165, 1.54) is 5.56 Å². The molecular weight excluding hydrogens is 324 g/mol. The van der Waals surface area contributed by atoms with Crippen LogP contribution in [0, 0.1) is 5.92 Å². The summed E-state index contributed by atoms with van der Waals surface area (Å²) in [7, 11) is 1.69. The first-order chi connectivity index (χ1) is 12.7. The number of ether oxygens (including phenoxy) is 1. The molecule has 0 saturated carbocycles. The molecule has 1 amide bonds. The van der Waals surface area contributed by atoms with Crippen LogP contribution >= 0.6 is 0 Å². The second kappa shape index (κ2) is 9.39. The van der Waals surface area contributed by atoms with Crippen molar-refractivity contribution in [2.45, 2.75) is 25.8 Å². The van der Waals surface area contributed by atoms with Crippen LogP contribution in [-0.2, 0) is 17.8 Å². The molecule has 0 atom stereocenters. The predicted molar refractivity (Wildman–Crippen MR) is 104 cm³/mol. The van der Waals surface area contributed by atoms with Crippen LogP contribution in [0.5, 0.6) is 5.75 Å². The second-order valence-corrected chi connectivity index (χ2v) is 6.92. The van der Waals surface area contributed by atoms with Gasteiger partial charge in [0.1, 0.15) is 5.75 Å². The summed E-state index contributed by atoms with van der Waals surface area (Å²) in [4.78, 5) is 14.8. The van der Waals surface area contributed by atoms with Crippen LogP contribution in [0.1, 0.15) is 24.0 Å². The SMILES string of the molecule is COc1ccc(CCN2CCC(C(=O)NCc3ccccc3)CC2)cc1. The summed E-state index contributed by atoms with van der Waals surface area (Å²) in [5.41, 5.74) is 2.48. The van der Waals surface area contributed by atoms with E-state index in [1.54, 1.807) is 7.11 Å². The van der Waals surface area contributed by atoms with Crippen LogP contribution in [0.25, 0.3) is 0 Å². The number of hydrogen-bond donors (Lipinski definition) is 1. The van der Waals surface area contributed by atoms with E-state index in [0.717, 1.165) is 50.2 Å². The van der Waals surface area contributed by atoms with Crippen molar-refractivity contribution in [2.75, 3.05) is 26.7 Å². The van der Waals surface area contributed by atoms with Gasteiger partial charge in [-0.3, -0.25) is 4.79 Å². The summed E-state index contributed by atoms with van der Waals surface area (Å²) < 4.78 is 5.20. The van der Waals surface area contributed by atoms with Gasteiger partial charge in [0, 0.05) is 19.0 Å². The molecule has 0 radical (unpaired) electrons. The summed E-state index contributed by atoms with van der Waals surface area (Å²) >= 11 is 0. The molecule has 26 heavy (non-hydrogen) atoms. The molecule has 4 nitrogen and oxygen atoms in total. The van der Waals surface area contributed by atoms with E-state index < -0.39 is 0 Å². The maximum atomic E-state index is 12.4. The van der Waals surface area contributed by atoms with E-state index in [4.69, 9.17) is 4.74 Å². The summed E-state index contributed by atoms with van der Waals surface area (Å²) in [6, 6.07) is 18.4. The summed E-state index contributed by atoms with van der Waals surface area (Å²) in [5, 5.41) is 3.08. The van der Waals surface area contributed by atoms with E-state index in [0.29, 0.717) is 6.54 Å². The molecule has 1 saturated heterocycles. The quantitative estimate of drug-likeness (QED) is 0.832. The Balaban J connectivity index is 1.37. The molecule has 1 heterocycles. The van der Waals surface area contributed by atoms with Gasteiger partial charge < -0.3 is 15.0 Å². The van der Waals surface area contributed by atoms with Gasteiger partial charge in [0.25, 0.3) is 0 Å². The van der Waals surface area contributed by atoms with Crippen molar-refractivity contribution in [2.24, 2.45) is 5.92 Å². The zero-order valence-electron chi connectivity index (χ0n) is 15.5. The van der Waals surface area contributed by atoms with Crippen LogP contribution in [0.4, 0.5) is 0 Å². The lowest BCUT2D eigenvalue weighted by atomic mass is 9.95. The highest BCUT2D eigenvalue weighted by Gasteiger charge is 2.24. The van der Waals surface area contributed by atoms with Gasteiger partial charge >= 0.3 is 0 Å². The van der Waals surface area contributed by atoms with Crippen LogP contribution < -0.4 is 10.1 Å². The third-order valence-electron chi connectivity index (χ3n) is 5.14. The highest BCUT2D eigenvalue weighted by atomic mass is 16.5. The molecule has 0 spiro atoms. The minimum atomic E-state index is 0.149. The first-order valence-corrected chi connectivity index (χ1v) is 9.41. The molecule has 2 aromatic rings. The van der Waals surface area contributed by atoms with Crippen molar-refractivity contribution in [3.8, 4) is 5.75 Å². The lowest BCUT2D eigenvalue weighted by Crippen LogP contribution is -2.41. The summed E-state index contributed by atoms with van der Waals surface area (Å²) in [6.45, 7) is 3.67. The molecule has 4 heteroatoms. The van der Waals surface area contributed by atoms with Crippen LogP contribution in [-0.4, -0.2) is 37.6 Å². The fourth-order valence-electron chi connectivity index (χ4n) is 3.43. The molecule has 0 unspecified atom stereocenters. The largest absolute Gasteiger partial charge is 0.497 e. The number of carbonyl (C=O) groups excluding carboxylic acids is 1. The predicted octanol–water partition coefficient (Wildman–Crippen LogP) is 3.27. The van der Waals surface area contributed by atoms with Gasteiger partial charge in [0.2, 0.25) is 5.91 Å². The lowest BCUT2D eigenvalue weighted by Gasteiger charge is -2.31. The normalized spacial score (nSPS) is 15.6. The zero-order valence-corrected chi connectivity index (χ0v) is 15.5. The van der Waals surface area contributed by atoms with Gasteiger partial charge in [-0.05, 0) is 55.6 Å². The molecule has 0 bridgehead atoms. The van der Waals surface area contributed by atoms with Gasteiger partial charge in [0.05, 0.1) is 7.11 Å². The van der Waals surface area contributed by atoms with E-state index in [9.17, 15) is 4.79 Å². The highest BCUT2D eigenvalue weighted by molar-refractivity contribution is 5.78. The third-order valence-corrected chi connectivity index (χ3v) is 5.14. The standard InChI is InChI=1S/C22H28N2O2/c1-26-21-9-7-18(8-10-21)11-14-24-15-12-20(13-16-24)22(25)23-17-19-5-3-2-4-6-19/h2-10,20H,11-17H2,1H3,(H,23,25). The molecular formula is C22H28N2O2. The Hall–Kier alpha value is -2.33. The van der Waals surface area contributed by atoms with Crippen LogP contribution in [0.2, 0.25) is 0 Å². The summed E-state index contributed by atoms with van der Waals surface area (Å²) in [5.74, 6) is 1.25. The number of nitrogens with one attached hydrogen (secondary N) is 1. The van der Waals surface area contributed by atoms with Crippen molar-refractivity contribution < 1.29 is 9.53 Å². The monoisotopic (exact) mass is 352 g/mol. The average Bonchev–Trinajstić information content (AvgIpc) is 2.72. The molecule has 138 valence electrons. The number of nitrogens with zero attached hydrogens (tertiary/aromatic N) is 1. The minimum Gasteiger partial charge on any atom is -0.497 e. The second-order valence-electron chi connectivity index (χ2n) is 6.92. The first kappa shape index (κ1) is 18.5. The molecule has 2 aromatic carbocycles. The fraction of sp³-hybridized carbons (Fsp3) is 0.409. The van der Waals surface area contributed by atoms with Gasteiger partial charge in [-0.1, -0.05) is 42.5 Å². The Labute approximate surface area is 156 Å². The Kier molecular flexibility index (Phi) is 6.67. The Morgan fingerprint density at radius 1 is 1.04 bits per heavy atom. The van der Waals surface area contributed by atoms with E-state index in [1.807, 2.05) is 42.5 Å². The minimum absolute atomic E-state index is 0.149. The Morgan fingerprint density at radius 3 is 2.38 bits per heavy atom. The highest BCUT2D eigenvalue weighted by Crippen LogP contribution is 2.18. The van der Waals surface area contributed by atoms with Crippen molar-refractivity contribution in [1.82, 2.24) is 10.2 Å². The number of amides is 1. The van der Waals surface area contributed by atoms with Crippen molar-refractivity contribution in [3.63, 3.8) is 0 Å². The number of rotatable bonds is 7. The number of piperidine rings is 1. The third kappa shape index (κ3) is 5.33. The Morgan fingerprint density at radius 2 is 1.73 bits per heavy atom. The Bertz CT molecular complexity index is 677. The average molecular weight is 352 g/mol. The lowest BCUT2D eigenvalue weighted by molar-refractivity contribution is -0.126. The molecule has 1 N–H and O–H groups in total. The van der Waals surface area contributed by atoms with E-state index in [-0.39, 0.29) is 11.8 Å². The van der Waals surface area contributed by atoms with Gasteiger partial charge in [-0.15, -0.1) is 0 Å². The van der Waals surface area contributed by atoms with Gasteiger partial charge in [-0.25, -0.2) is 0 Å². The molecule has 3 rings (SSSR count). The number of carbonyl (C=O) groups is 1. The summed E-state index contributed by atoms with van der Waals surface area (Å²) in [6.07, 6.45) is 2.93. The van der Waals surface area contributed by atoms with Crippen molar-refractivity contribution in [1.29, 1.82) is 0 Å². The molecule has 0 aliphatic carbocycles. The molecule has 1 aliphatic rings. The van der Waals surface area contributed by atoms with Gasteiger partial charge in [-0.2, -0.15) is 0 Å². The zero-order chi connectivity index (χ0) is 18.2. The van der Waals surface area contributed by atoms with Gasteiger partial charge in [0.15, 0.2) is 0 Å². The maximum absolute atomic E-state index is 12.4. The number of hydrogen-bond acceptors (Lipinski definition) is 3. The van der Waals surface area contributed by atoms with Crippen LogP contribution in [0.15, 0.2) is 54.6 Å². The molecule has 1 aliphatic heterocycles. The molecule has 1 fully saturated rings. The van der Waals surface area contributed by atoms with E-state index >= 15 is 0 Å². The topological polar surface area (TPSA) is 41.6 Å². The smallest absolute Gasteiger partial charge is 0.223 e. The van der Waals surface area contributed by atoms with Crippen LogP contribution in [0.3, 0.4) is 0 Å². The van der Waals surface area contributed by atoms with Crippen molar-refractivity contribution >= 4 is 5.91 Å². The van der Waals surface area contributed by atoms with E-state index in [2.05, 4.69) is 22.3 Å².